The highest BCUT2D eigenvalue weighted by Crippen LogP contribution is 2.49. The van der Waals surface area contributed by atoms with Gasteiger partial charge < -0.3 is 14.7 Å². The van der Waals surface area contributed by atoms with Crippen LogP contribution in [0.25, 0.3) is 0 Å². The molecule has 4 nitrogen and oxygen atoms in total. The molecular weight excluding hydrogens is 357 g/mol. The molecule has 2 fully saturated rings. The van der Waals surface area contributed by atoms with E-state index in [0.717, 1.165) is 37.0 Å². The molecule has 0 radical (unpaired) electrons. The second-order valence-electron chi connectivity index (χ2n) is 7.93. The molecule has 0 unspecified atom stereocenters. The Hall–Kier alpha value is -2.40. The van der Waals surface area contributed by atoms with E-state index in [2.05, 4.69) is 0 Å². The first-order chi connectivity index (χ1) is 13.5. The zero-order chi connectivity index (χ0) is 19.7. The Morgan fingerprint density at radius 3 is 2.50 bits per heavy atom. The van der Waals surface area contributed by atoms with Crippen molar-refractivity contribution in [3.8, 4) is 5.75 Å². The summed E-state index contributed by atoms with van der Waals surface area (Å²) >= 11 is 0. The van der Waals surface area contributed by atoms with Gasteiger partial charge in [0.15, 0.2) is 0 Å². The number of halogens is 1. The molecule has 148 valence electrons. The molecule has 1 heterocycles. The number of aliphatic hydroxyl groups is 1. The molecular formula is C23H26FNO3. The number of amides is 1. The standard InChI is InChI=1S/C23H26FNO3/c1-28-19-11-7-16(8-12-19)21-20-4-2-3-13-23(20,27)14-15-25(21)22(26)17-5-9-18(24)10-6-17/h5-12,20-21,27H,2-4,13-15H2,1H3/t20-,21+,23-/m1/s1. The van der Waals surface area contributed by atoms with Crippen molar-refractivity contribution >= 4 is 5.91 Å². The van der Waals surface area contributed by atoms with E-state index in [1.165, 1.54) is 24.3 Å². The predicted octanol–water partition coefficient (Wildman–Crippen LogP) is 4.34. The normalized spacial score (nSPS) is 27.2. The molecule has 2 aromatic rings. The summed E-state index contributed by atoms with van der Waals surface area (Å²) in [5, 5.41) is 11.3. The number of carbonyl (C=O) groups excluding carboxylic acids is 1. The van der Waals surface area contributed by atoms with Gasteiger partial charge >= 0.3 is 0 Å². The van der Waals surface area contributed by atoms with Crippen LogP contribution in [-0.2, 0) is 0 Å². The minimum Gasteiger partial charge on any atom is -0.497 e. The van der Waals surface area contributed by atoms with E-state index < -0.39 is 5.60 Å². The van der Waals surface area contributed by atoms with Crippen LogP contribution in [0.2, 0.25) is 0 Å². The van der Waals surface area contributed by atoms with Gasteiger partial charge in [0.1, 0.15) is 11.6 Å². The molecule has 2 aliphatic rings. The average molecular weight is 383 g/mol. The van der Waals surface area contributed by atoms with E-state index in [0.29, 0.717) is 18.5 Å². The third kappa shape index (κ3) is 3.39. The van der Waals surface area contributed by atoms with Gasteiger partial charge in [0, 0.05) is 18.0 Å². The summed E-state index contributed by atoms with van der Waals surface area (Å²) in [5.74, 6) is 0.277. The first-order valence-corrected chi connectivity index (χ1v) is 9.95. The number of ether oxygens (including phenoxy) is 1. The summed E-state index contributed by atoms with van der Waals surface area (Å²) in [4.78, 5) is 15.2. The van der Waals surface area contributed by atoms with Crippen LogP contribution in [0.5, 0.6) is 5.75 Å². The van der Waals surface area contributed by atoms with Gasteiger partial charge in [-0.3, -0.25) is 4.79 Å². The highest BCUT2D eigenvalue weighted by molar-refractivity contribution is 5.94. The van der Waals surface area contributed by atoms with Gasteiger partial charge in [-0.1, -0.05) is 25.0 Å². The third-order valence-corrected chi connectivity index (χ3v) is 6.38. The van der Waals surface area contributed by atoms with Crippen LogP contribution < -0.4 is 4.74 Å². The number of rotatable bonds is 3. The topological polar surface area (TPSA) is 49.8 Å². The Kier molecular flexibility index (Phi) is 5.11. The lowest BCUT2D eigenvalue weighted by Crippen LogP contribution is -2.56. The van der Waals surface area contributed by atoms with Crippen molar-refractivity contribution in [1.29, 1.82) is 0 Å². The number of hydrogen-bond donors (Lipinski definition) is 1. The SMILES string of the molecule is COc1ccc([C@H]2[C@H]3CCCC[C@@]3(O)CCN2C(=O)c2ccc(F)cc2)cc1. The molecule has 1 saturated heterocycles. The van der Waals surface area contributed by atoms with Crippen molar-refractivity contribution in [2.75, 3.05) is 13.7 Å². The average Bonchev–Trinajstić information content (AvgIpc) is 2.73. The van der Waals surface area contributed by atoms with Crippen LogP contribution >= 0.6 is 0 Å². The Balaban J connectivity index is 1.72. The van der Waals surface area contributed by atoms with Crippen LogP contribution in [-0.4, -0.2) is 35.2 Å². The first kappa shape index (κ1) is 18.9. The van der Waals surface area contributed by atoms with Gasteiger partial charge in [-0.2, -0.15) is 0 Å². The van der Waals surface area contributed by atoms with Gasteiger partial charge in [-0.05, 0) is 61.2 Å². The lowest BCUT2D eigenvalue weighted by atomic mass is 9.66. The number of benzene rings is 2. The largest absolute Gasteiger partial charge is 0.497 e. The quantitative estimate of drug-likeness (QED) is 0.858. The summed E-state index contributed by atoms with van der Waals surface area (Å²) in [5.41, 5.74) is 0.741. The van der Waals surface area contributed by atoms with Crippen LogP contribution in [0.1, 0.15) is 54.1 Å². The lowest BCUT2D eigenvalue weighted by molar-refractivity contribution is -0.115. The molecule has 1 saturated carbocycles. The van der Waals surface area contributed by atoms with Crippen molar-refractivity contribution in [3.05, 3.63) is 65.5 Å². The summed E-state index contributed by atoms with van der Waals surface area (Å²) in [6.45, 7) is 0.486. The molecule has 1 amide bonds. The first-order valence-electron chi connectivity index (χ1n) is 9.95. The van der Waals surface area contributed by atoms with Gasteiger partial charge in [0.2, 0.25) is 0 Å². The van der Waals surface area contributed by atoms with E-state index in [1.807, 2.05) is 29.2 Å². The fraction of sp³-hybridized carbons (Fsp3) is 0.435. The molecule has 0 aromatic heterocycles. The number of likely N-dealkylation sites (tertiary alicyclic amines) is 1. The molecule has 1 N–H and O–H groups in total. The molecule has 0 bridgehead atoms. The molecule has 1 aliphatic heterocycles. The maximum atomic E-state index is 13.3. The smallest absolute Gasteiger partial charge is 0.254 e. The summed E-state index contributed by atoms with van der Waals surface area (Å²) in [6.07, 6.45) is 4.33. The molecule has 5 heteroatoms. The number of piperidine rings is 1. The van der Waals surface area contributed by atoms with Gasteiger partial charge in [0.25, 0.3) is 5.91 Å². The number of carbonyl (C=O) groups is 1. The summed E-state index contributed by atoms with van der Waals surface area (Å²) in [6, 6.07) is 13.2. The Bertz CT molecular complexity index is 836. The van der Waals surface area contributed by atoms with E-state index in [4.69, 9.17) is 4.74 Å². The number of nitrogens with zero attached hydrogens (tertiary/aromatic N) is 1. The zero-order valence-corrected chi connectivity index (χ0v) is 16.1. The van der Waals surface area contributed by atoms with Crippen molar-refractivity contribution in [1.82, 2.24) is 4.90 Å². The Morgan fingerprint density at radius 2 is 1.82 bits per heavy atom. The zero-order valence-electron chi connectivity index (χ0n) is 16.1. The Morgan fingerprint density at radius 1 is 1.11 bits per heavy atom. The van der Waals surface area contributed by atoms with Gasteiger partial charge in [-0.15, -0.1) is 0 Å². The van der Waals surface area contributed by atoms with Crippen molar-refractivity contribution in [2.45, 2.75) is 43.7 Å². The molecule has 3 atom stereocenters. The second kappa shape index (κ2) is 7.55. The van der Waals surface area contributed by atoms with Crippen molar-refractivity contribution < 1.29 is 19.0 Å². The molecule has 28 heavy (non-hydrogen) atoms. The Labute approximate surface area is 164 Å². The summed E-state index contributed by atoms with van der Waals surface area (Å²) < 4.78 is 18.6. The van der Waals surface area contributed by atoms with E-state index >= 15 is 0 Å². The van der Waals surface area contributed by atoms with E-state index in [1.54, 1.807) is 7.11 Å². The molecule has 0 spiro atoms. The number of hydrogen-bond acceptors (Lipinski definition) is 3. The van der Waals surface area contributed by atoms with Crippen molar-refractivity contribution in [3.63, 3.8) is 0 Å². The molecule has 1 aliphatic carbocycles. The predicted molar refractivity (Wildman–Crippen MR) is 105 cm³/mol. The second-order valence-corrected chi connectivity index (χ2v) is 7.93. The molecule has 4 rings (SSSR count). The highest BCUT2D eigenvalue weighted by Gasteiger charge is 2.50. The van der Waals surface area contributed by atoms with E-state index in [-0.39, 0.29) is 23.7 Å². The fourth-order valence-electron chi connectivity index (χ4n) is 4.88. The third-order valence-electron chi connectivity index (χ3n) is 6.38. The minimum absolute atomic E-state index is 0.00667. The van der Waals surface area contributed by atoms with Crippen LogP contribution in [0.15, 0.2) is 48.5 Å². The summed E-state index contributed by atoms with van der Waals surface area (Å²) in [7, 11) is 1.62. The van der Waals surface area contributed by atoms with Gasteiger partial charge in [-0.25, -0.2) is 4.39 Å². The van der Waals surface area contributed by atoms with Crippen molar-refractivity contribution in [2.24, 2.45) is 5.92 Å². The van der Waals surface area contributed by atoms with Crippen LogP contribution in [0.3, 0.4) is 0 Å². The molecule has 2 aromatic carbocycles. The number of fused-ring (bicyclic) bond motifs is 1. The maximum absolute atomic E-state index is 13.3. The van der Waals surface area contributed by atoms with Gasteiger partial charge in [0.05, 0.1) is 18.8 Å². The van der Waals surface area contributed by atoms with Crippen LogP contribution in [0, 0.1) is 11.7 Å². The van der Waals surface area contributed by atoms with Crippen LogP contribution in [0.4, 0.5) is 4.39 Å². The monoisotopic (exact) mass is 383 g/mol. The lowest BCUT2D eigenvalue weighted by Gasteiger charge is -2.52. The minimum atomic E-state index is -0.734. The fourth-order valence-corrected chi connectivity index (χ4v) is 4.88. The van der Waals surface area contributed by atoms with E-state index in [9.17, 15) is 14.3 Å². The highest BCUT2D eigenvalue weighted by atomic mass is 19.1. The number of methoxy groups -OCH3 is 1. The maximum Gasteiger partial charge on any atom is 0.254 e.